The van der Waals surface area contributed by atoms with E-state index in [-0.39, 0.29) is 11.2 Å². The number of alkyl halides is 3. The summed E-state index contributed by atoms with van der Waals surface area (Å²) in [6, 6.07) is 3.61. The molecule has 0 fully saturated rings. The number of anilines is 1. The number of nitrogens with zero attached hydrogens (tertiary/aromatic N) is 1. The minimum atomic E-state index is -4.38. The van der Waals surface area contributed by atoms with Gasteiger partial charge in [0.1, 0.15) is 5.82 Å². The van der Waals surface area contributed by atoms with Crippen molar-refractivity contribution in [3.05, 3.63) is 35.5 Å². The molecule has 0 radical (unpaired) electrons. The maximum atomic E-state index is 12.7. The maximum Gasteiger partial charge on any atom is 0.416 e. The van der Waals surface area contributed by atoms with E-state index in [4.69, 9.17) is 5.73 Å². The van der Waals surface area contributed by atoms with Gasteiger partial charge in [0.25, 0.3) is 0 Å². The average Bonchev–Trinajstić information content (AvgIpc) is 2.26. The molecule has 0 aliphatic rings. The first kappa shape index (κ1) is 13.6. The number of benzene rings is 1. The Morgan fingerprint density at radius 3 is 2.21 bits per heavy atom. The zero-order valence-corrected chi connectivity index (χ0v) is 11.0. The number of nitrogen functional groups attached to an aromatic ring is 1. The minimum Gasteiger partial charge on any atom is -0.383 e. The summed E-state index contributed by atoms with van der Waals surface area (Å²) >= 11 is 0. The molecule has 2 N–H and O–H groups in total. The van der Waals surface area contributed by atoms with Crippen molar-refractivity contribution in [3.8, 4) is 0 Å². The van der Waals surface area contributed by atoms with Crippen molar-refractivity contribution in [2.24, 2.45) is 0 Å². The highest BCUT2D eigenvalue weighted by molar-refractivity contribution is 5.94. The molecule has 2 aromatic rings. The zero-order chi connectivity index (χ0) is 14.4. The Labute approximate surface area is 109 Å². The number of halogens is 3. The standard InChI is InChI=1S/C14H15F3N2/c1-13(2,3)11-7-19-12(18)10-6-8(14(15,16)17)4-5-9(10)11/h4-7H,1-3H3,(H2,18,19). The van der Waals surface area contributed by atoms with Crippen molar-refractivity contribution >= 4 is 16.6 Å². The smallest absolute Gasteiger partial charge is 0.383 e. The van der Waals surface area contributed by atoms with Gasteiger partial charge in [-0.1, -0.05) is 26.8 Å². The molecule has 0 aliphatic heterocycles. The van der Waals surface area contributed by atoms with Crippen molar-refractivity contribution in [1.82, 2.24) is 4.98 Å². The Hall–Kier alpha value is -1.78. The van der Waals surface area contributed by atoms with Crippen molar-refractivity contribution < 1.29 is 13.2 Å². The van der Waals surface area contributed by atoms with E-state index in [0.717, 1.165) is 17.7 Å². The third kappa shape index (κ3) is 2.50. The second-order valence-corrected chi connectivity index (χ2v) is 5.57. The Kier molecular flexibility index (Phi) is 2.96. The molecule has 19 heavy (non-hydrogen) atoms. The van der Waals surface area contributed by atoms with E-state index in [1.807, 2.05) is 20.8 Å². The number of hydrogen-bond acceptors (Lipinski definition) is 2. The summed E-state index contributed by atoms with van der Waals surface area (Å²) < 4.78 is 38.2. The topological polar surface area (TPSA) is 38.9 Å². The summed E-state index contributed by atoms with van der Waals surface area (Å²) in [5.41, 5.74) is 5.66. The first-order valence-corrected chi connectivity index (χ1v) is 5.86. The monoisotopic (exact) mass is 268 g/mol. The Morgan fingerprint density at radius 1 is 1.05 bits per heavy atom. The zero-order valence-electron chi connectivity index (χ0n) is 11.0. The number of fused-ring (bicyclic) bond motifs is 1. The predicted octanol–water partition coefficient (Wildman–Crippen LogP) is 4.13. The maximum absolute atomic E-state index is 12.7. The van der Waals surface area contributed by atoms with Gasteiger partial charge in [0.2, 0.25) is 0 Å². The molecule has 0 saturated heterocycles. The molecule has 1 aromatic carbocycles. The number of nitrogens with two attached hydrogens (primary N) is 1. The van der Waals surface area contributed by atoms with Gasteiger partial charge in [-0.05, 0) is 28.5 Å². The first-order valence-electron chi connectivity index (χ1n) is 5.86. The van der Waals surface area contributed by atoms with Gasteiger partial charge in [-0.25, -0.2) is 4.98 Å². The fraction of sp³-hybridized carbons (Fsp3) is 0.357. The van der Waals surface area contributed by atoms with Crippen molar-refractivity contribution in [2.45, 2.75) is 32.4 Å². The lowest BCUT2D eigenvalue weighted by Crippen LogP contribution is -2.13. The van der Waals surface area contributed by atoms with Gasteiger partial charge in [0, 0.05) is 11.6 Å². The molecule has 5 heteroatoms. The van der Waals surface area contributed by atoms with Crippen LogP contribution in [0.15, 0.2) is 24.4 Å². The fourth-order valence-corrected chi connectivity index (χ4v) is 2.04. The molecule has 102 valence electrons. The van der Waals surface area contributed by atoms with Crippen LogP contribution in [0.3, 0.4) is 0 Å². The number of hydrogen-bond donors (Lipinski definition) is 1. The molecule has 0 bridgehead atoms. The van der Waals surface area contributed by atoms with E-state index in [1.165, 1.54) is 6.07 Å². The molecule has 2 rings (SSSR count). The van der Waals surface area contributed by atoms with Crippen LogP contribution in [0.1, 0.15) is 31.9 Å². The lowest BCUT2D eigenvalue weighted by molar-refractivity contribution is -0.137. The molecule has 2 nitrogen and oxygen atoms in total. The highest BCUT2D eigenvalue weighted by Gasteiger charge is 2.31. The summed E-state index contributed by atoms with van der Waals surface area (Å²) in [6.07, 6.45) is -2.75. The largest absolute Gasteiger partial charge is 0.416 e. The van der Waals surface area contributed by atoms with Crippen LogP contribution >= 0.6 is 0 Å². The average molecular weight is 268 g/mol. The van der Waals surface area contributed by atoms with Gasteiger partial charge in [-0.15, -0.1) is 0 Å². The third-order valence-electron chi connectivity index (χ3n) is 3.05. The van der Waals surface area contributed by atoms with Gasteiger partial charge in [0.05, 0.1) is 5.56 Å². The van der Waals surface area contributed by atoms with E-state index < -0.39 is 11.7 Å². The second kappa shape index (κ2) is 4.11. The molecule has 0 aliphatic carbocycles. The summed E-state index contributed by atoms with van der Waals surface area (Å²) in [7, 11) is 0. The SMILES string of the molecule is CC(C)(C)c1cnc(N)c2cc(C(F)(F)F)ccc12. The molecule has 0 saturated carbocycles. The van der Waals surface area contributed by atoms with Crippen LogP contribution in [0.2, 0.25) is 0 Å². The van der Waals surface area contributed by atoms with Crippen molar-refractivity contribution in [1.29, 1.82) is 0 Å². The second-order valence-electron chi connectivity index (χ2n) is 5.57. The molecular formula is C14H15F3N2. The van der Waals surface area contributed by atoms with Gasteiger partial charge in [-0.2, -0.15) is 13.2 Å². The van der Waals surface area contributed by atoms with Crippen LogP contribution < -0.4 is 5.73 Å². The van der Waals surface area contributed by atoms with E-state index in [2.05, 4.69) is 4.98 Å². The molecule has 0 unspecified atom stereocenters. The molecular weight excluding hydrogens is 253 g/mol. The fourth-order valence-electron chi connectivity index (χ4n) is 2.04. The van der Waals surface area contributed by atoms with Crippen molar-refractivity contribution in [2.75, 3.05) is 5.73 Å². The first-order chi connectivity index (χ1) is 8.60. The van der Waals surface area contributed by atoms with Crippen LogP contribution in [-0.2, 0) is 11.6 Å². The lowest BCUT2D eigenvalue weighted by Gasteiger charge is -2.21. The highest BCUT2D eigenvalue weighted by atomic mass is 19.4. The molecule has 1 heterocycles. The normalized spacial score (nSPS) is 12.9. The predicted molar refractivity (Wildman–Crippen MR) is 69.9 cm³/mol. The van der Waals surface area contributed by atoms with Crippen LogP contribution in [-0.4, -0.2) is 4.98 Å². The van der Waals surface area contributed by atoms with Gasteiger partial charge < -0.3 is 5.73 Å². The van der Waals surface area contributed by atoms with E-state index in [0.29, 0.717) is 10.8 Å². The third-order valence-corrected chi connectivity index (χ3v) is 3.05. The van der Waals surface area contributed by atoms with E-state index >= 15 is 0 Å². The lowest BCUT2D eigenvalue weighted by atomic mass is 9.84. The molecule has 0 amide bonds. The summed E-state index contributed by atoms with van der Waals surface area (Å²) in [4.78, 5) is 4.01. The quantitative estimate of drug-likeness (QED) is 0.780. The van der Waals surface area contributed by atoms with Gasteiger partial charge in [0.15, 0.2) is 0 Å². The summed E-state index contributed by atoms with van der Waals surface area (Å²) in [5.74, 6) is 0.120. The highest BCUT2D eigenvalue weighted by Crippen LogP contribution is 2.36. The van der Waals surface area contributed by atoms with Crippen LogP contribution in [0.5, 0.6) is 0 Å². The van der Waals surface area contributed by atoms with E-state index in [9.17, 15) is 13.2 Å². The van der Waals surface area contributed by atoms with Crippen LogP contribution in [0, 0.1) is 0 Å². The summed E-state index contributed by atoms with van der Waals surface area (Å²) in [6.45, 7) is 5.95. The van der Waals surface area contributed by atoms with Crippen LogP contribution in [0.25, 0.3) is 10.8 Å². The molecule has 0 atom stereocenters. The number of aromatic nitrogens is 1. The van der Waals surface area contributed by atoms with Gasteiger partial charge >= 0.3 is 6.18 Å². The molecule has 0 spiro atoms. The van der Waals surface area contributed by atoms with E-state index in [1.54, 1.807) is 6.20 Å². The Bertz CT molecular complexity index is 625. The van der Waals surface area contributed by atoms with Crippen molar-refractivity contribution in [3.63, 3.8) is 0 Å². The molecule has 1 aromatic heterocycles. The van der Waals surface area contributed by atoms with Crippen LogP contribution in [0.4, 0.5) is 19.0 Å². The summed E-state index contributed by atoms with van der Waals surface area (Å²) in [5, 5.41) is 1.07. The number of pyridine rings is 1. The number of rotatable bonds is 0. The minimum absolute atomic E-state index is 0.120. The van der Waals surface area contributed by atoms with Gasteiger partial charge in [-0.3, -0.25) is 0 Å². The Balaban J connectivity index is 2.78. The Morgan fingerprint density at radius 2 is 1.68 bits per heavy atom.